The summed E-state index contributed by atoms with van der Waals surface area (Å²) in [5.74, 6) is -0.0813. The van der Waals surface area contributed by atoms with Gasteiger partial charge < -0.3 is 15.3 Å². The third-order valence-corrected chi connectivity index (χ3v) is 4.61. The maximum atomic E-state index is 12.4. The van der Waals surface area contributed by atoms with E-state index in [4.69, 9.17) is 0 Å². The Morgan fingerprint density at radius 3 is 2.54 bits per heavy atom. The Balaban J connectivity index is 2.04. The summed E-state index contributed by atoms with van der Waals surface area (Å²) in [6, 6.07) is 6.16. The van der Waals surface area contributed by atoms with Crippen molar-refractivity contribution < 1.29 is 5.11 Å². The predicted octanol–water partition coefficient (Wildman–Crippen LogP) is 0.939. The second kappa shape index (κ2) is 6.70. The average Bonchev–Trinajstić information content (AvgIpc) is 3.08. The van der Waals surface area contributed by atoms with Gasteiger partial charge in [-0.15, -0.1) is 0 Å². The van der Waals surface area contributed by atoms with E-state index in [-0.39, 0.29) is 5.69 Å². The highest BCUT2D eigenvalue weighted by Gasteiger charge is 2.17. The van der Waals surface area contributed by atoms with Gasteiger partial charge in [-0.05, 0) is 42.5 Å². The smallest absolute Gasteiger partial charge is 0.333 e. The molecule has 0 bridgehead atoms. The van der Waals surface area contributed by atoms with E-state index in [0.717, 1.165) is 34.1 Å². The zero-order valence-electron chi connectivity index (χ0n) is 15.4. The van der Waals surface area contributed by atoms with Crippen LogP contribution in [-0.4, -0.2) is 39.2 Å². The molecule has 1 aromatic heterocycles. The second-order valence-electron chi connectivity index (χ2n) is 6.67. The minimum atomic E-state index is -0.652. The van der Waals surface area contributed by atoms with Gasteiger partial charge in [-0.2, -0.15) is 0 Å². The first kappa shape index (κ1) is 17.8. The van der Waals surface area contributed by atoms with Crippen LogP contribution in [0.25, 0.3) is 0 Å². The molecular formula is C18H23N5O3. The summed E-state index contributed by atoms with van der Waals surface area (Å²) < 4.78 is 1.91. The molecule has 3 rings (SSSR count). The molecule has 1 heterocycles. The highest BCUT2D eigenvalue weighted by molar-refractivity contribution is 5.95. The normalized spacial score (nSPS) is 13.6. The summed E-state index contributed by atoms with van der Waals surface area (Å²) in [6.45, 7) is 0. The van der Waals surface area contributed by atoms with Crippen molar-refractivity contribution >= 4 is 17.3 Å². The van der Waals surface area contributed by atoms with Gasteiger partial charge in [-0.25, -0.2) is 9.79 Å². The lowest BCUT2D eigenvalue weighted by Gasteiger charge is -2.18. The van der Waals surface area contributed by atoms with Gasteiger partial charge in [-0.1, -0.05) is 6.07 Å². The molecule has 0 amide bonds. The molecule has 8 heteroatoms. The molecule has 138 valence electrons. The average molecular weight is 357 g/mol. The van der Waals surface area contributed by atoms with Crippen molar-refractivity contribution in [3.8, 4) is 5.88 Å². The number of nitrogens with one attached hydrogen (secondary N) is 1. The minimum Gasteiger partial charge on any atom is -0.493 e. The number of aliphatic imine (C=N–C) groups is 1. The number of anilines is 1. The molecule has 1 aliphatic rings. The Hall–Kier alpha value is -3.03. The first-order valence-electron chi connectivity index (χ1n) is 8.43. The van der Waals surface area contributed by atoms with Crippen LogP contribution < -0.4 is 16.6 Å². The van der Waals surface area contributed by atoms with E-state index < -0.39 is 17.1 Å². The number of nitrogens with zero attached hydrogens (tertiary/aromatic N) is 4. The predicted molar refractivity (Wildman–Crippen MR) is 101 cm³/mol. The van der Waals surface area contributed by atoms with Crippen LogP contribution in [0.5, 0.6) is 5.88 Å². The minimum absolute atomic E-state index is 0.188. The van der Waals surface area contributed by atoms with Gasteiger partial charge in [0, 0.05) is 33.9 Å². The first-order chi connectivity index (χ1) is 12.3. The van der Waals surface area contributed by atoms with E-state index >= 15 is 0 Å². The fourth-order valence-corrected chi connectivity index (χ4v) is 3.04. The van der Waals surface area contributed by atoms with Crippen LogP contribution in [0.2, 0.25) is 0 Å². The lowest BCUT2D eigenvalue weighted by Crippen LogP contribution is -2.37. The summed E-state index contributed by atoms with van der Waals surface area (Å²) in [5, 5.41) is 13.4. The highest BCUT2D eigenvalue weighted by Crippen LogP contribution is 2.25. The summed E-state index contributed by atoms with van der Waals surface area (Å²) >= 11 is 0. The summed E-state index contributed by atoms with van der Waals surface area (Å²) in [7, 11) is 6.30. The first-order valence-corrected chi connectivity index (χ1v) is 8.43. The number of fused-ring (bicyclic) bond motifs is 1. The Morgan fingerprint density at radius 2 is 1.85 bits per heavy atom. The molecule has 0 saturated carbocycles. The van der Waals surface area contributed by atoms with Gasteiger partial charge in [0.15, 0.2) is 5.69 Å². The number of rotatable bonds is 2. The van der Waals surface area contributed by atoms with Gasteiger partial charge in [0.05, 0.1) is 0 Å². The van der Waals surface area contributed by atoms with Crippen molar-refractivity contribution in [2.24, 2.45) is 19.1 Å². The largest absolute Gasteiger partial charge is 0.493 e. The Labute approximate surface area is 151 Å². The number of guanidine groups is 1. The second-order valence-corrected chi connectivity index (χ2v) is 6.67. The van der Waals surface area contributed by atoms with Crippen LogP contribution in [-0.2, 0) is 26.9 Å². The maximum absolute atomic E-state index is 12.4. The SMILES string of the molecule is CN(C)C(=Nc1c(O)n(C)c(=O)n(C)c1=O)Nc1ccc2c(c1)CCC2. The number of aromatic hydroxyl groups is 1. The molecule has 2 N–H and O–H groups in total. The molecule has 0 radical (unpaired) electrons. The van der Waals surface area contributed by atoms with Gasteiger partial charge in [0.1, 0.15) is 0 Å². The molecule has 0 unspecified atom stereocenters. The molecule has 8 nitrogen and oxygen atoms in total. The molecule has 0 fully saturated rings. The van der Waals surface area contributed by atoms with Crippen molar-refractivity contribution in [3.05, 3.63) is 50.2 Å². The lowest BCUT2D eigenvalue weighted by atomic mass is 10.1. The molecule has 0 spiro atoms. The van der Waals surface area contributed by atoms with E-state index in [1.54, 1.807) is 19.0 Å². The molecule has 0 aliphatic heterocycles. The van der Waals surface area contributed by atoms with Gasteiger partial charge in [0.25, 0.3) is 5.56 Å². The highest BCUT2D eigenvalue weighted by atomic mass is 16.3. The number of aryl methyl sites for hydroxylation is 2. The van der Waals surface area contributed by atoms with Gasteiger partial charge in [-0.3, -0.25) is 13.9 Å². The van der Waals surface area contributed by atoms with Crippen LogP contribution >= 0.6 is 0 Å². The zero-order valence-corrected chi connectivity index (χ0v) is 15.4. The molecule has 0 atom stereocenters. The maximum Gasteiger partial charge on any atom is 0.333 e. The van der Waals surface area contributed by atoms with Crippen molar-refractivity contribution in [2.75, 3.05) is 19.4 Å². The van der Waals surface area contributed by atoms with E-state index in [0.29, 0.717) is 5.96 Å². The molecule has 0 saturated heterocycles. The number of benzene rings is 1. The third-order valence-electron chi connectivity index (χ3n) is 4.61. The van der Waals surface area contributed by atoms with Gasteiger partial charge >= 0.3 is 5.69 Å². The van der Waals surface area contributed by atoms with Crippen molar-refractivity contribution in [3.63, 3.8) is 0 Å². The van der Waals surface area contributed by atoms with Gasteiger partial charge in [0.2, 0.25) is 11.8 Å². The number of aromatic nitrogens is 2. The fraction of sp³-hybridized carbons (Fsp3) is 0.389. The Bertz CT molecular complexity index is 1000. The molecule has 1 aromatic carbocycles. The standard InChI is InChI=1S/C18H23N5O3/c1-21(2)17(19-13-9-8-11-6-5-7-12(11)10-13)20-14-15(24)22(3)18(26)23(4)16(14)25/h8-10,24H,5-7H2,1-4H3,(H,19,20). The zero-order chi connectivity index (χ0) is 19.0. The number of hydrogen-bond acceptors (Lipinski definition) is 4. The molecule has 2 aromatic rings. The fourth-order valence-electron chi connectivity index (χ4n) is 3.04. The van der Waals surface area contributed by atoms with Crippen LogP contribution in [0.1, 0.15) is 17.5 Å². The van der Waals surface area contributed by atoms with Crippen molar-refractivity contribution in [1.29, 1.82) is 0 Å². The third kappa shape index (κ3) is 3.10. The Morgan fingerprint density at radius 1 is 1.15 bits per heavy atom. The van der Waals surface area contributed by atoms with Crippen LogP contribution in [0, 0.1) is 0 Å². The number of hydrogen-bond donors (Lipinski definition) is 2. The monoisotopic (exact) mass is 357 g/mol. The summed E-state index contributed by atoms with van der Waals surface area (Å²) in [6.07, 6.45) is 3.32. The van der Waals surface area contributed by atoms with E-state index in [2.05, 4.69) is 22.4 Å². The van der Waals surface area contributed by atoms with Crippen LogP contribution in [0.4, 0.5) is 11.4 Å². The summed E-state index contributed by atoms with van der Waals surface area (Å²) in [5.41, 5.74) is 2.09. The van der Waals surface area contributed by atoms with E-state index in [1.807, 2.05) is 6.07 Å². The molecule has 1 aliphatic carbocycles. The Kier molecular flexibility index (Phi) is 4.58. The van der Waals surface area contributed by atoms with Crippen LogP contribution in [0.15, 0.2) is 32.8 Å². The summed E-state index contributed by atoms with van der Waals surface area (Å²) in [4.78, 5) is 30.2. The van der Waals surface area contributed by atoms with Crippen molar-refractivity contribution in [2.45, 2.75) is 19.3 Å². The topological polar surface area (TPSA) is 91.9 Å². The lowest BCUT2D eigenvalue weighted by molar-refractivity contribution is 0.414. The quantitative estimate of drug-likeness (QED) is 0.616. The van der Waals surface area contributed by atoms with E-state index in [1.165, 1.54) is 25.2 Å². The van der Waals surface area contributed by atoms with Crippen LogP contribution in [0.3, 0.4) is 0 Å². The molecule has 26 heavy (non-hydrogen) atoms. The van der Waals surface area contributed by atoms with Crippen molar-refractivity contribution in [1.82, 2.24) is 14.0 Å². The molecular weight excluding hydrogens is 334 g/mol. The van der Waals surface area contributed by atoms with E-state index in [9.17, 15) is 14.7 Å².